The van der Waals surface area contributed by atoms with Crippen molar-refractivity contribution in [3.05, 3.63) is 63.6 Å². The number of amides is 1. The Bertz CT molecular complexity index is 954. The van der Waals surface area contributed by atoms with Gasteiger partial charge >= 0.3 is 0 Å². The lowest BCUT2D eigenvalue weighted by molar-refractivity contribution is -0.120. The number of sulfonamides is 1. The molecular formula is C20H22Cl2N2O3S. The van der Waals surface area contributed by atoms with Crippen molar-refractivity contribution < 1.29 is 13.2 Å². The normalized spacial score (nSPS) is 16.1. The van der Waals surface area contributed by atoms with Crippen LogP contribution in [0.1, 0.15) is 24.0 Å². The number of rotatable bonds is 5. The number of nitrogens with zero attached hydrogens (tertiary/aromatic N) is 1. The van der Waals surface area contributed by atoms with Crippen LogP contribution >= 0.6 is 23.2 Å². The molecular weight excluding hydrogens is 419 g/mol. The van der Waals surface area contributed by atoms with Crippen molar-refractivity contribution in [2.24, 2.45) is 5.92 Å². The molecule has 8 heteroatoms. The first-order chi connectivity index (χ1) is 13.2. The molecule has 28 heavy (non-hydrogen) atoms. The topological polar surface area (TPSA) is 66.5 Å². The molecule has 0 radical (unpaired) electrons. The number of anilines is 1. The summed E-state index contributed by atoms with van der Waals surface area (Å²) in [5.41, 5.74) is 2.47. The van der Waals surface area contributed by atoms with Crippen LogP contribution in [0.5, 0.6) is 0 Å². The third-order valence-corrected chi connectivity index (χ3v) is 7.46. The van der Waals surface area contributed by atoms with Crippen molar-refractivity contribution >= 4 is 44.8 Å². The lowest BCUT2D eigenvalue weighted by Gasteiger charge is -2.30. The Morgan fingerprint density at radius 3 is 2.32 bits per heavy atom. The van der Waals surface area contributed by atoms with Gasteiger partial charge in [0.25, 0.3) is 0 Å². The highest BCUT2D eigenvalue weighted by molar-refractivity contribution is 7.88. The minimum atomic E-state index is -3.48. The number of piperidine rings is 1. The van der Waals surface area contributed by atoms with E-state index in [-0.39, 0.29) is 17.6 Å². The number of carbonyl (C=O) groups is 1. The summed E-state index contributed by atoms with van der Waals surface area (Å²) in [5.74, 6) is -0.396. The Hall–Kier alpha value is -1.60. The standard InChI is InChI=1S/C20H22Cl2N2O3S/c1-14-2-5-17(6-3-14)23-20(25)16-8-10-24(11-9-16)28(26,27)13-15-4-7-18(21)19(22)12-15/h2-7,12,16H,8-11,13H2,1H3,(H,23,25). The van der Waals surface area contributed by atoms with E-state index in [0.717, 1.165) is 11.3 Å². The molecule has 1 saturated heterocycles. The number of nitrogens with one attached hydrogen (secondary N) is 1. The van der Waals surface area contributed by atoms with Gasteiger partial charge in [0.2, 0.25) is 15.9 Å². The van der Waals surface area contributed by atoms with Gasteiger partial charge in [0.1, 0.15) is 0 Å². The third-order valence-electron chi connectivity index (χ3n) is 4.87. The van der Waals surface area contributed by atoms with E-state index in [1.165, 1.54) is 4.31 Å². The van der Waals surface area contributed by atoms with Gasteiger partial charge in [-0.1, -0.05) is 47.0 Å². The van der Waals surface area contributed by atoms with Gasteiger partial charge in [-0.25, -0.2) is 12.7 Å². The van der Waals surface area contributed by atoms with Crippen LogP contribution in [-0.2, 0) is 20.6 Å². The minimum Gasteiger partial charge on any atom is -0.326 e. The van der Waals surface area contributed by atoms with E-state index in [1.54, 1.807) is 18.2 Å². The zero-order valence-corrected chi connectivity index (χ0v) is 17.8. The van der Waals surface area contributed by atoms with Crippen LogP contribution in [0.4, 0.5) is 5.69 Å². The molecule has 0 aliphatic carbocycles. The third kappa shape index (κ3) is 5.26. The van der Waals surface area contributed by atoms with Crippen LogP contribution in [-0.4, -0.2) is 31.7 Å². The molecule has 0 aromatic heterocycles. The molecule has 1 aliphatic rings. The van der Waals surface area contributed by atoms with Crippen molar-refractivity contribution in [3.8, 4) is 0 Å². The molecule has 150 valence electrons. The lowest BCUT2D eigenvalue weighted by Crippen LogP contribution is -2.41. The highest BCUT2D eigenvalue weighted by atomic mass is 35.5. The zero-order chi connectivity index (χ0) is 20.3. The number of carbonyl (C=O) groups excluding carboxylic acids is 1. The number of halogens is 2. The Kier molecular flexibility index (Phi) is 6.65. The second-order valence-corrected chi connectivity index (χ2v) is 9.82. The average molecular weight is 441 g/mol. The van der Waals surface area contributed by atoms with Gasteiger partial charge in [-0.2, -0.15) is 0 Å². The first-order valence-electron chi connectivity index (χ1n) is 9.04. The fraction of sp³-hybridized carbons (Fsp3) is 0.350. The van der Waals surface area contributed by atoms with E-state index in [1.807, 2.05) is 31.2 Å². The summed E-state index contributed by atoms with van der Waals surface area (Å²) in [7, 11) is -3.48. The molecule has 0 spiro atoms. The van der Waals surface area contributed by atoms with Crippen molar-refractivity contribution in [3.63, 3.8) is 0 Å². The maximum Gasteiger partial charge on any atom is 0.227 e. The van der Waals surface area contributed by atoms with Crippen LogP contribution in [0.25, 0.3) is 0 Å². The average Bonchev–Trinajstić information content (AvgIpc) is 2.66. The Morgan fingerprint density at radius 2 is 1.71 bits per heavy atom. The van der Waals surface area contributed by atoms with E-state index >= 15 is 0 Å². The lowest BCUT2D eigenvalue weighted by atomic mass is 9.97. The van der Waals surface area contributed by atoms with E-state index < -0.39 is 10.0 Å². The van der Waals surface area contributed by atoms with Gasteiger partial charge in [-0.3, -0.25) is 4.79 Å². The first kappa shape index (κ1) is 21.1. The molecule has 1 heterocycles. The van der Waals surface area contributed by atoms with Gasteiger partial charge in [0, 0.05) is 24.7 Å². The van der Waals surface area contributed by atoms with Crippen LogP contribution < -0.4 is 5.32 Å². The summed E-state index contributed by atoms with van der Waals surface area (Å²) in [6.07, 6.45) is 0.997. The summed E-state index contributed by atoms with van der Waals surface area (Å²) in [4.78, 5) is 12.5. The van der Waals surface area contributed by atoms with E-state index in [9.17, 15) is 13.2 Å². The second kappa shape index (κ2) is 8.82. The molecule has 3 rings (SSSR count). The van der Waals surface area contributed by atoms with Crippen molar-refractivity contribution in [2.45, 2.75) is 25.5 Å². The molecule has 0 saturated carbocycles. The van der Waals surface area contributed by atoms with E-state index in [4.69, 9.17) is 23.2 Å². The number of hydrogen-bond acceptors (Lipinski definition) is 3. The Morgan fingerprint density at radius 1 is 1.07 bits per heavy atom. The largest absolute Gasteiger partial charge is 0.326 e. The molecule has 0 bridgehead atoms. The van der Waals surface area contributed by atoms with Crippen LogP contribution in [0.2, 0.25) is 10.0 Å². The molecule has 1 amide bonds. The number of hydrogen-bond donors (Lipinski definition) is 1. The van der Waals surface area contributed by atoms with E-state index in [0.29, 0.717) is 41.5 Å². The van der Waals surface area contributed by atoms with Gasteiger partial charge in [0.05, 0.1) is 15.8 Å². The predicted octanol–water partition coefficient (Wildman–Crippen LogP) is 4.48. The SMILES string of the molecule is Cc1ccc(NC(=O)C2CCN(S(=O)(=O)Cc3ccc(Cl)c(Cl)c3)CC2)cc1. The summed E-state index contributed by atoms with van der Waals surface area (Å²) in [6, 6.07) is 12.4. The molecule has 2 aromatic carbocycles. The fourth-order valence-electron chi connectivity index (χ4n) is 3.21. The first-order valence-corrected chi connectivity index (χ1v) is 11.4. The van der Waals surface area contributed by atoms with Crippen molar-refractivity contribution in [2.75, 3.05) is 18.4 Å². The fourth-order valence-corrected chi connectivity index (χ4v) is 5.08. The maximum absolute atomic E-state index is 12.7. The van der Waals surface area contributed by atoms with Gasteiger partial charge < -0.3 is 5.32 Å². The van der Waals surface area contributed by atoms with E-state index in [2.05, 4.69) is 5.32 Å². The molecule has 1 aliphatic heterocycles. The van der Waals surface area contributed by atoms with Crippen molar-refractivity contribution in [1.82, 2.24) is 4.31 Å². The summed E-state index contributed by atoms with van der Waals surface area (Å²) >= 11 is 11.9. The van der Waals surface area contributed by atoms with Gasteiger partial charge in [-0.15, -0.1) is 0 Å². The molecule has 0 unspecified atom stereocenters. The van der Waals surface area contributed by atoms with Gasteiger partial charge in [-0.05, 0) is 49.6 Å². The monoisotopic (exact) mass is 440 g/mol. The maximum atomic E-state index is 12.7. The van der Waals surface area contributed by atoms with Crippen LogP contribution in [0.15, 0.2) is 42.5 Å². The molecule has 1 fully saturated rings. The molecule has 2 aromatic rings. The summed E-state index contributed by atoms with van der Waals surface area (Å²) < 4.78 is 26.8. The predicted molar refractivity (Wildman–Crippen MR) is 113 cm³/mol. The van der Waals surface area contributed by atoms with Crippen molar-refractivity contribution in [1.29, 1.82) is 0 Å². The van der Waals surface area contributed by atoms with Gasteiger partial charge in [0.15, 0.2) is 0 Å². The minimum absolute atomic E-state index is 0.0645. The highest BCUT2D eigenvalue weighted by Gasteiger charge is 2.31. The van der Waals surface area contributed by atoms with Crippen LogP contribution in [0, 0.1) is 12.8 Å². The van der Waals surface area contributed by atoms with Crippen LogP contribution in [0.3, 0.4) is 0 Å². The summed E-state index contributed by atoms with van der Waals surface area (Å²) in [5, 5.41) is 3.64. The Balaban J connectivity index is 1.56. The second-order valence-electron chi connectivity index (χ2n) is 7.03. The molecule has 0 atom stereocenters. The summed E-state index contributed by atoms with van der Waals surface area (Å²) in [6.45, 7) is 2.64. The number of benzene rings is 2. The smallest absolute Gasteiger partial charge is 0.227 e. The zero-order valence-electron chi connectivity index (χ0n) is 15.5. The number of aryl methyl sites for hydroxylation is 1. The molecule has 5 nitrogen and oxygen atoms in total. The highest BCUT2D eigenvalue weighted by Crippen LogP contribution is 2.26. The Labute approximate surface area is 175 Å². The quantitative estimate of drug-likeness (QED) is 0.744. The molecule has 1 N–H and O–H groups in total.